The average Bonchev–Trinajstić information content (AvgIpc) is 2.80. The van der Waals surface area contributed by atoms with Crippen molar-refractivity contribution in [1.82, 2.24) is 14.4 Å². The molecule has 0 aliphatic carbocycles. The van der Waals surface area contributed by atoms with E-state index in [0.29, 0.717) is 18.8 Å². The normalized spacial score (nSPS) is 20.7. The number of nitrogens with zero attached hydrogens (tertiary/aromatic N) is 3. The van der Waals surface area contributed by atoms with E-state index in [2.05, 4.69) is 0 Å². The predicted octanol–water partition coefficient (Wildman–Crippen LogP) is 3.14. The highest BCUT2D eigenvalue weighted by molar-refractivity contribution is 5.94. The van der Waals surface area contributed by atoms with Crippen LogP contribution in [0, 0.1) is 0 Å². The van der Waals surface area contributed by atoms with Gasteiger partial charge in [-0.25, -0.2) is 13.6 Å². The molecule has 0 radical (unpaired) electrons. The molecular weight excluding hydrogens is 356 g/mol. The lowest BCUT2D eigenvalue weighted by molar-refractivity contribution is -0.113. The number of halogens is 2. The third-order valence-corrected chi connectivity index (χ3v) is 5.02. The summed E-state index contributed by atoms with van der Waals surface area (Å²) in [4.78, 5) is 27.9. The summed E-state index contributed by atoms with van der Waals surface area (Å²) in [7, 11) is 1.73. The third kappa shape index (κ3) is 3.66. The Labute approximate surface area is 158 Å². The summed E-state index contributed by atoms with van der Waals surface area (Å²) in [5.41, 5.74) is 1.17. The number of rotatable bonds is 1. The summed E-state index contributed by atoms with van der Waals surface area (Å²) in [5.74, 6) is -3.20. The van der Waals surface area contributed by atoms with Crippen LogP contribution in [0.5, 0.6) is 0 Å². The molecule has 6 nitrogen and oxygen atoms in total. The molecule has 1 aromatic rings. The number of ether oxygens (including phenoxy) is 1. The minimum absolute atomic E-state index is 0.313. The zero-order valence-corrected chi connectivity index (χ0v) is 16.7. The molecule has 2 aliphatic rings. The summed E-state index contributed by atoms with van der Waals surface area (Å²) in [6.45, 7) is 9.10. The van der Waals surface area contributed by atoms with Crippen LogP contribution in [-0.2, 0) is 23.7 Å². The molecule has 0 N–H and O–H groups in total. The van der Waals surface area contributed by atoms with Crippen LogP contribution in [-0.4, -0.2) is 57.5 Å². The lowest BCUT2D eigenvalue weighted by atomic mass is 9.81. The van der Waals surface area contributed by atoms with Gasteiger partial charge in [-0.1, -0.05) is 13.8 Å². The highest BCUT2D eigenvalue weighted by atomic mass is 19.3. The summed E-state index contributed by atoms with van der Waals surface area (Å²) in [5, 5.41) is 0. The summed E-state index contributed by atoms with van der Waals surface area (Å²) < 4.78 is 33.5. The average molecular weight is 383 g/mol. The Balaban J connectivity index is 1.87. The van der Waals surface area contributed by atoms with Crippen molar-refractivity contribution in [3.63, 3.8) is 0 Å². The first-order chi connectivity index (χ1) is 12.2. The fraction of sp³-hybridized carbons (Fsp3) is 0.684. The van der Waals surface area contributed by atoms with E-state index in [0.717, 1.165) is 16.2 Å². The first kappa shape index (κ1) is 19.6. The number of hydrogen-bond donors (Lipinski definition) is 0. The van der Waals surface area contributed by atoms with Gasteiger partial charge in [0.1, 0.15) is 11.3 Å². The zero-order valence-electron chi connectivity index (χ0n) is 16.7. The maximum atomic E-state index is 13.1. The predicted molar refractivity (Wildman–Crippen MR) is 95.9 cm³/mol. The van der Waals surface area contributed by atoms with Gasteiger partial charge in [-0.15, -0.1) is 0 Å². The van der Waals surface area contributed by atoms with E-state index in [-0.39, 0.29) is 5.41 Å². The molecule has 2 amide bonds. The van der Waals surface area contributed by atoms with Gasteiger partial charge in [0.2, 0.25) is 0 Å². The van der Waals surface area contributed by atoms with Crippen LogP contribution in [0.15, 0.2) is 6.07 Å². The van der Waals surface area contributed by atoms with Crippen LogP contribution < -0.4 is 0 Å². The molecule has 8 heteroatoms. The van der Waals surface area contributed by atoms with Crippen LogP contribution in [0.25, 0.3) is 0 Å². The van der Waals surface area contributed by atoms with Gasteiger partial charge in [0.25, 0.3) is 11.8 Å². The van der Waals surface area contributed by atoms with Gasteiger partial charge in [-0.3, -0.25) is 4.79 Å². The number of likely N-dealkylation sites (tertiary alicyclic amines) is 1. The van der Waals surface area contributed by atoms with Crippen molar-refractivity contribution >= 4 is 12.0 Å². The minimum atomic E-state index is -2.80. The van der Waals surface area contributed by atoms with E-state index in [1.807, 2.05) is 34.6 Å². The standard InChI is InChI=1S/C19H27F2N3O3/c1-17(2,3)27-16(26)23-8-14-12(18(4,5)9-23)7-13(22(14)6)15(25)24-10-19(20,21)11-24/h7H,8-11H2,1-6H3. The molecule has 1 aromatic heterocycles. The van der Waals surface area contributed by atoms with Crippen LogP contribution in [0.2, 0.25) is 0 Å². The van der Waals surface area contributed by atoms with Crippen LogP contribution in [0.3, 0.4) is 0 Å². The van der Waals surface area contributed by atoms with Crippen molar-refractivity contribution < 1.29 is 23.1 Å². The van der Waals surface area contributed by atoms with Crippen LogP contribution in [0.1, 0.15) is 56.4 Å². The first-order valence-corrected chi connectivity index (χ1v) is 9.04. The monoisotopic (exact) mass is 383 g/mol. The molecule has 0 unspecified atom stereocenters. The number of amides is 2. The Kier molecular flexibility index (Phi) is 4.32. The van der Waals surface area contributed by atoms with Crippen molar-refractivity contribution in [2.24, 2.45) is 7.05 Å². The van der Waals surface area contributed by atoms with E-state index in [4.69, 9.17) is 4.74 Å². The van der Waals surface area contributed by atoms with E-state index in [9.17, 15) is 18.4 Å². The van der Waals surface area contributed by atoms with E-state index in [1.165, 1.54) is 0 Å². The minimum Gasteiger partial charge on any atom is -0.444 e. The van der Waals surface area contributed by atoms with Gasteiger partial charge < -0.3 is 19.1 Å². The second kappa shape index (κ2) is 5.94. The Bertz CT molecular complexity index is 785. The summed E-state index contributed by atoms with van der Waals surface area (Å²) >= 11 is 0. The van der Waals surface area contributed by atoms with Gasteiger partial charge in [0, 0.05) is 24.7 Å². The second-order valence-electron chi connectivity index (χ2n) is 9.19. The molecule has 0 saturated carbocycles. The summed E-state index contributed by atoms with van der Waals surface area (Å²) in [6.07, 6.45) is -0.405. The van der Waals surface area contributed by atoms with E-state index < -0.39 is 36.6 Å². The number of fused-ring (bicyclic) bond motifs is 1. The number of alkyl halides is 2. The molecule has 2 aliphatic heterocycles. The molecule has 150 valence electrons. The lowest BCUT2D eigenvalue weighted by Crippen LogP contribution is -2.58. The number of aromatic nitrogens is 1. The van der Waals surface area contributed by atoms with Gasteiger partial charge in [-0.2, -0.15) is 0 Å². The van der Waals surface area contributed by atoms with Crippen molar-refractivity contribution in [3.05, 3.63) is 23.0 Å². The zero-order chi connectivity index (χ0) is 20.4. The highest BCUT2D eigenvalue weighted by Gasteiger charge is 2.47. The highest BCUT2D eigenvalue weighted by Crippen LogP contribution is 2.37. The molecule has 3 rings (SSSR count). The van der Waals surface area contributed by atoms with Gasteiger partial charge >= 0.3 is 6.09 Å². The molecular formula is C19H27F2N3O3. The Hall–Kier alpha value is -2.12. The Morgan fingerprint density at radius 3 is 2.22 bits per heavy atom. The van der Waals surface area contributed by atoms with Gasteiger partial charge in [-0.05, 0) is 32.4 Å². The van der Waals surface area contributed by atoms with Crippen molar-refractivity contribution in [1.29, 1.82) is 0 Å². The molecule has 27 heavy (non-hydrogen) atoms. The smallest absolute Gasteiger partial charge is 0.410 e. The molecule has 1 fully saturated rings. The molecule has 0 atom stereocenters. The van der Waals surface area contributed by atoms with E-state index >= 15 is 0 Å². The van der Waals surface area contributed by atoms with Crippen molar-refractivity contribution in [2.75, 3.05) is 19.6 Å². The van der Waals surface area contributed by atoms with Crippen molar-refractivity contribution in [2.45, 2.75) is 58.1 Å². The maximum Gasteiger partial charge on any atom is 0.410 e. The molecule has 3 heterocycles. The fourth-order valence-corrected chi connectivity index (χ4v) is 3.70. The quantitative estimate of drug-likeness (QED) is 0.749. The SMILES string of the molecule is Cn1c(C(=O)N2CC(F)(F)C2)cc2c1CN(C(=O)OC(C)(C)C)CC2(C)C. The topological polar surface area (TPSA) is 54.8 Å². The van der Waals surface area contributed by atoms with Crippen molar-refractivity contribution in [3.8, 4) is 0 Å². The Morgan fingerprint density at radius 2 is 1.70 bits per heavy atom. The first-order valence-electron chi connectivity index (χ1n) is 9.04. The third-order valence-electron chi connectivity index (χ3n) is 5.02. The number of hydrogen-bond acceptors (Lipinski definition) is 3. The van der Waals surface area contributed by atoms with Crippen LogP contribution >= 0.6 is 0 Å². The molecule has 0 bridgehead atoms. The second-order valence-corrected chi connectivity index (χ2v) is 9.19. The van der Waals surface area contributed by atoms with E-state index in [1.54, 1.807) is 22.6 Å². The molecule has 1 saturated heterocycles. The molecule has 0 spiro atoms. The number of carbonyl (C=O) groups excluding carboxylic acids is 2. The largest absolute Gasteiger partial charge is 0.444 e. The van der Waals surface area contributed by atoms with Gasteiger partial charge in [0.05, 0.1) is 19.6 Å². The molecule has 0 aromatic carbocycles. The summed E-state index contributed by atoms with van der Waals surface area (Å²) in [6, 6.07) is 1.78. The number of carbonyl (C=O) groups is 2. The van der Waals surface area contributed by atoms with Gasteiger partial charge in [0.15, 0.2) is 0 Å². The maximum absolute atomic E-state index is 13.1. The van der Waals surface area contributed by atoms with Crippen LogP contribution in [0.4, 0.5) is 13.6 Å². The lowest BCUT2D eigenvalue weighted by Gasteiger charge is -2.39. The Morgan fingerprint density at radius 1 is 1.11 bits per heavy atom. The fourth-order valence-electron chi connectivity index (χ4n) is 3.70.